The molecule has 0 aliphatic carbocycles. The molecule has 0 aromatic heterocycles. The Kier molecular flexibility index (Phi) is 8.21. The Labute approximate surface area is 192 Å². The van der Waals surface area contributed by atoms with E-state index in [1.54, 1.807) is 83.1 Å². The quantitative estimate of drug-likeness (QED) is 0.453. The third-order valence-corrected chi connectivity index (χ3v) is 4.62. The SMILES string of the molecule is CC(COC(=O)C(C)(C)Oc1ccc(Cl)cc1)OC(=O)C(C)(C)Oc1ccc(Cl)cc1. The summed E-state index contributed by atoms with van der Waals surface area (Å²) in [5, 5.41) is 1.12. The van der Waals surface area contributed by atoms with Crippen molar-refractivity contribution in [1.29, 1.82) is 0 Å². The molecular formula is C23H26Cl2O6. The minimum atomic E-state index is -1.25. The van der Waals surface area contributed by atoms with E-state index in [9.17, 15) is 9.59 Å². The van der Waals surface area contributed by atoms with Gasteiger partial charge >= 0.3 is 11.9 Å². The first kappa shape index (κ1) is 24.8. The Morgan fingerprint density at radius 1 is 0.774 bits per heavy atom. The number of esters is 2. The highest BCUT2D eigenvalue weighted by Gasteiger charge is 2.35. The van der Waals surface area contributed by atoms with Gasteiger partial charge in [-0.1, -0.05) is 23.2 Å². The lowest BCUT2D eigenvalue weighted by atomic mass is 10.1. The van der Waals surface area contributed by atoms with Crippen molar-refractivity contribution < 1.29 is 28.5 Å². The summed E-state index contributed by atoms with van der Waals surface area (Å²) in [7, 11) is 0. The molecule has 0 saturated heterocycles. The largest absolute Gasteiger partial charge is 0.476 e. The van der Waals surface area contributed by atoms with Crippen molar-refractivity contribution in [2.45, 2.75) is 51.9 Å². The number of ether oxygens (including phenoxy) is 4. The van der Waals surface area contributed by atoms with Crippen molar-refractivity contribution in [3.63, 3.8) is 0 Å². The molecule has 0 saturated carbocycles. The smallest absolute Gasteiger partial charge is 0.350 e. The predicted molar refractivity (Wildman–Crippen MR) is 119 cm³/mol. The van der Waals surface area contributed by atoms with E-state index in [-0.39, 0.29) is 6.61 Å². The normalized spacial score (nSPS) is 12.6. The van der Waals surface area contributed by atoms with Crippen molar-refractivity contribution in [2.75, 3.05) is 6.61 Å². The molecule has 0 aliphatic heterocycles. The van der Waals surface area contributed by atoms with Crippen molar-refractivity contribution >= 4 is 35.1 Å². The van der Waals surface area contributed by atoms with Crippen LogP contribution in [0.2, 0.25) is 10.0 Å². The van der Waals surface area contributed by atoms with Crippen LogP contribution in [0, 0.1) is 0 Å². The molecule has 8 heteroatoms. The van der Waals surface area contributed by atoms with E-state index in [0.717, 1.165) is 0 Å². The first-order chi connectivity index (χ1) is 14.4. The van der Waals surface area contributed by atoms with Crippen LogP contribution >= 0.6 is 23.2 Å². The standard InChI is InChI=1S/C23H26Cl2O6/c1-15(29-21(27)23(4,5)31-19-12-8-17(25)9-13-19)14-28-20(26)22(2,3)30-18-10-6-16(24)7-11-18/h6-13,15H,14H2,1-5H3. The first-order valence-corrected chi connectivity index (χ1v) is 10.4. The van der Waals surface area contributed by atoms with Crippen LogP contribution in [0.4, 0.5) is 0 Å². The molecule has 168 valence electrons. The van der Waals surface area contributed by atoms with Gasteiger partial charge in [0.15, 0.2) is 11.2 Å². The van der Waals surface area contributed by atoms with Gasteiger partial charge in [-0.05, 0) is 83.1 Å². The van der Waals surface area contributed by atoms with Crippen LogP contribution < -0.4 is 9.47 Å². The molecule has 0 radical (unpaired) electrons. The lowest BCUT2D eigenvalue weighted by Gasteiger charge is -2.27. The van der Waals surface area contributed by atoms with Gasteiger partial charge in [0.1, 0.15) is 24.2 Å². The Bertz CT molecular complexity index is 891. The van der Waals surface area contributed by atoms with E-state index < -0.39 is 29.2 Å². The monoisotopic (exact) mass is 468 g/mol. The Morgan fingerprint density at radius 2 is 1.16 bits per heavy atom. The Hall–Kier alpha value is -2.44. The van der Waals surface area contributed by atoms with Crippen LogP contribution in [-0.4, -0.2) is 35.9 Å². The van der Waals surface area contributed by atoms with Crippen LogP contribution in [0.15, 0.2) is 48.5 Å². The summed E-state index contributed by atoms with van der Waals surface area (Å²) >= 11 is 11.7. The maximum Gasteiger partial charge on any atom is 0.350 e. The lowest BCUT2D eigenvalue weighted by Crippen LogP contribution is -2.43. The van der Waals surface area contributed by atoms with Crippen molar-refractivity contribution in [3.8, 4) is 11.5 Å². The van der Waals surface area contributed by atoms with Gasteiger partial charge in [0.25, 0.3) is 0 Å². The average molecular weight is 469 g/mol. The molecule has 0 spiro atoms. The zero-order valence-corrected chi connectivity index (χ0v) is 19.6. The second-order valence-corrected chi connectivity index (χ2v) is 8.82. The van der Waals surface area contributed by atoms with Gasteiger partial charge in [-0.15, -0.1) is 0 Å². The van der Waals surface area contributed by atoms with Gasteiger partial charge in [0.2, 0.25) is 0 Å². The van der Waals surface area contributed by atoms with E-state index in [1.165, 1.54) is 0 Å². The highest BCUT2D eigenvalue weighted by Crippen LogP contribution is 2.23. The summed E-state index contributed by atoms with van der Waals surface area (Å²) in [5.41, 5.74) is -2.49. The Balaban J connectivity index is 1.85. The topological polar surface area (TPSA) is 71.1 Å². The number of hydrogen-bond acceptors (Lipinski definition) is 6. The number of halogens is 2. The number of hydrogen-bond donors (Lipinski definition) is 0. The third kappa shape index (κ3) is 7.64. The van der Waals surface area contributed by atoms with E-state index >= 15 is 0 Å². The average Bonchev–Trinajstić information content (AvgIpc) is 2.69. The van der Waals surface area contributed by atoms with Gasteiger partial charge in [-0.25, -0.2) is 9.59 Å². The molecule has 0 N–H and O–H groups in total. The lowest BCUT2D eigenvalue weighted by molar-refractivity contribution is -0.174. The molecule has 0 fully saturated rings. The van der Waals surface area contributed by atoms with E-state index in [1.807, 2.05) is 0 Å². The maximum atomic E-state index is 12.5. The molecule has 1 atom stereocenters. The van der Waals surface area contributed by atoms with Gasteiger partial charge in [-0.3, -0.25) is 0 Å². The summed E-state index contributed by atoms with van der Waals surface area (Å²) < 4.78 is 22.1. The van der Waals surface area contributed by atoms with E-state index in [2.05, 4.69) is 0 Å². The van der Waals surface area contributed by atoms with E-state index in [4.69, 9.17) is 42.1 Å². The molecule has 0 heterocycles. The summed E-state index contributed by atoms with van der Waals surface area (Å²) in [5.74, 6) is -0.233. The zero-order chi connectivity index (χ0) is 23.2. The number of rotatable bonds is 9. The molecule has 2 aromatic rings. The molecule has 2 aromatic carbocycles. The van der Waals surface area contributed by atoms with Crippen LogP contribution in [-0.2, 0) is 19.1 Å². The molecule has 31 heavy (non-hydrogen) atoms. The van der Waals surface area contributed by atoms with Gasteiger partial charge < -0.3 is 18.9 Å². The van der Waals surface area contributed by atoms with Crippen molar-refractivity contribution in [1.82, 2.24) is 0 Å². The second kappa shape index (κ2) is 10.2. The van der Waals surface area contributed by atoms with Crippen molar-refractivity contribution in [3.05, 3.63) is 58.6 Å². The molecule has 0 bridgehead atoms. The summed E-state index contributed by atoms with van der Waals surface area (Å²) in [4.78, 5) is 25.0. The van der Waals surface area contributed by atoms with Crippen LogP contribution in [0.25, 0.3) is 0 Å². The second-order valence-electron chi connectivity index (χ2n) is 7.95. The zero-order valence-electron chi connectivity index (χ0n) is 18.1. The minimum Gasteiger partial charge on any atom is -0.476 e. The summed E-state index contributed by atoms with van der Waals surface area (Å²) in [6.45, 7) is 7.84. The molecule has 2 rings (SSSR count). The first-order valence-electron chi connectivity index (χ1n) is 9.66. The highest BCUT2D eigenvalue weighted by molar-refractivity contribution is 6.30. The minimum absolute atomic E-state index is 0.130. The summed E-state index contributed by atoms with van der Waals surface area (Å²) in [6.07, 6.45) is -0.684. The summed E-state index contributed by atoms with van der Waals surface area (Å²) in [6, 6.07) is 13.3. The molecular weight excluding hydrogens is 443 g/mol. The fraction of sp³-hybridized carbons (Fsp3) is 0.391. The van der Waals surface area contributed by atoms with Crippen LogP contribution in [0.5, 0.6) is 11.5 Å². The highest BCUT2D eigenvalue weighted by atomic mass is 35.5. The van der Waals surface area contributed by atoms with Gasteiger partial charge in [-0.2, -0.15) is 0 Å². The fourth-order valence-electron chi connectivity index (χ4n) is 2.40. The Morgan fingerprint density at radius 3 is 1.58 bits per heavy atom. The number of benzene rings is 2. The molecule has 1 unspecified atom stereocenters. The third-order valence-electron chi connectivity index (χ3n) is 4.11. The van der Waals surface area contributed by atoms with Crippen LogP contribution in [0.3, 0.4) is 0 Å². The fourth-order valence-corrected chi connectivity index (χ4v) is 2.66. The molecule has 0 amide bonds. The van der Waals surface area contributed by atoms with E-state index in [0.29, 0.717) is 21.5 Å². The van der Waals surface area contributed by atoms with Crippen molar-refractivity contribution in [2.24, 2.45) is 0 Å². The molecule has 6 nitrogen and oxygen atoms in total. The number of carbonyl (C=O) groups is 2. The maximum absolute atomic E-state index is 12.5. The van der Waals surface area contributed by atoms with Crippen LogP contribution in [0.1, 0.15) is 34.6 Å². The van der Waals surface area contributed by atoms with Gasteiger partial charge in [0, 0.05) is 10.0 Å². The molecule has 0 aliphatic rings. The number of carbonyl (C=O) groups excluding carboxylic acids is 2. The predicted octanol–water partition coefficient (Wildman–Crippen LogP) is 5.48. The van der Waals surface area contributed by atoms with Gasteiger partial charge in [0.05, 0.1) is 0 Å².